The molecule has 1 heterocycles. The number of aryl methyl sites for hydroxylation is 2. The topological polar surface area (TPSA) is 24.9 Å². The minimum Gasteiger partial charge on any atom is -0.311 e. The molecule has 90 valence electrons. The van der Waals surface area contributed by atoms with Crippen molar-refractivity contribution < 1.29 is 0 Å². The molecule has 0 saturated heterocycles. The fourth-order valence-electron chi connectivity index (χ4n) is 1.91. The summed E-state index contributed by atoms with van der Waals surface area (Å²) in [5.41, 5.74) is 7.09. The Hall–Kier alpha value is -1.19. The third-order valence-corrected chi connectivity index (χ3v) is 3.77. The Morgan fingerprint density at radius 2 is 2.12 bits per heavy atom. The Kier molecular flexibility index (Phi) is 3.92. The van der Waals surface area contributed by atoms with Crippen molar-refractivity contribution in [3.63, 3.8) is 0 Å². The van der Waals surface area contributed by atoms with Gasteiger partial charge >= 0.3 is 0 Å². The van der Waals surface area contributed by atoms with E-state index in [-0.39, 0.29) is 0 Å². The molecule has 0 bridgehead atoms. The lowest BCUT2D eigenvalue weighted by Gasteiger charge is -2.14. The van der Waals surface area contributed by atoms with Crippen LogP contribution in [0.3, 0.4) is 0 Å². The van der Waals surface area contributed by atoms with Crippen molar-refractivity contribution in [1.82, 2.24) is 10.3 Å². The minimum atomic E-state index is 0.309. The highest BCUT2D eigenvalue weighted by Crippen LogP contribution is 2.19. The Bertz CT molecular complexity index is 477. The molecule has 2 nitrogen and oxygen atoms in total. The zero-order chi connectivity index (χ0) is 12.3. The molecule has 0 spiro atoms. The van der Waals surface area contributed by atoms with Crippen molar-refractivity contribution in [3.8, 4) is 0 Å². The Balaban J connectivity index is 2.16. The highest BCUT2D eigenvalue weighted by atomic mass is 32.1. The van der Waals surface area contributed by atoms with Crippen molar-refractivity contribution in [3.05, 3.63) is 51.5 Å². The number of likely N-dealkylation sites (N-methyl/N-ethyl adjacent to an activating group) is 1. The maximum atomic E-state index is 4.38. The number of nitrogens with zero attached hydrogens (tertiary/aromatic N) is 1. The van der Waals surface area contributed by atoms with Crippen LogP contribution in [0.2, 0.25) is 0 Å². The summed E-state index contributed by atoms with van der Waals surface area (Å²) in [6.07, 6.45) is 0.987. The van der Waals surface area contributed by atoms with Gasteiger partial charge in [-0.2, -0.15) is 0 Å². The highest BCUT2D eigenvalue weighted by molar-refractivity contribution is 7.07. The van der Waals surface area contributed by atoms with E-state index in [0.717, 1.165) is 12.1 Å². The summed E-state index contributed by atoms with van der Waals surface area (Å²) in [7, 11) is 1.99. The van der Waals surface area contributed by atoms with Crippen molar-refractivity contribution in [2.75, 3.05) is 7.05 Å². The number of benzene rings is 1. The summed E-state index contributed by atoms with van der Waals surface area (Å²) in [5, 5.41) is 5.44. The van der Waals surface area contributed by atoms with Crippen LogP contribution in [0.15, 0.2) is 29.1 Å². The average Bonchev–Trinajstić information content (AvgIpc) is 2.84. The summed E-state index contributed by atoms with van der Waals surface area (Å²) in [4.78, 5) is 4.38. The molecule has 0 saturated carbocycles. The van der Waals surface area contributed by atoms with Crippen LogP contribution in [0, 0.1) is 13.8 Å². The maximum absolute atomic E-state index is 4.38. The van der Waals surface area contributed by atoms with E-state index in [9.17, 15) is 0 Å². The van der Waals surface area contributed by atoms with Crippen molar-refractivity contribution in [2.24, 2.45) is 0 Å². The van der Waals surface area contributed by atoms with Crippen LogP contribution in [0.25, 0.3) is 0 Å². The number of rotatable bonds is 4. The fraction of sp³-hybridized carbons (Fsp3) is 0.357. The summed E-state index contributed by atoms with van der Waals surface area (Å²) in [5.74, 6) is 0. The van der Waals surface area contributed by atoms with Gasteiger partial charge in [0.25, 0.3) is 0 Å². The van der Waals surface area contributed by atoms with E-state index in [0.29, 0.717) is 6.04 Å². The molecular formula is C14H18N2S. The molecule has 1 aromatic heterocycles. The molecular weight excluding hydrogens is 228 g/mol. The first-order valence-corrected chi connectivity index (χ1v) is 6.76. The normalized spacial score (nSPS) is 12.6. The van der Waals surface area contributed by atoms with E-state index in [2.05, 4.69) is 47.7 Å². The van der Waals surface area contributed by atoms with Gasteiger partial charge < -0.3 is 5.32 Å². The maximum Gasteiger partial charge on any atom is 0.0795 e. The second-order valence-corrected chi connectivity index (χ2v) is 5.10. The molecule has 0 aliphatic carbocycles. The average molecular weight is 246 g/mol. The molecule has 0 fully saturated rings. The zero-order valence-electron chi connectivity index (χ0n) is 10.5. The molecule has 1 atom stereocenters. The van der Waals surface area contributed by atoms with Gasteiger partial charge in [0.05, 0.1) is 17.2 Å². The molecule has 0 amide bonds. The second kappa shape index (κ2) is 5.43. The Labute approximate surface area is 107 Å². The van der Waals surface area contributed by atoms with Crippen LogP contribution in [-0.4, -0.2) is 12.0 Å². The molecule has 2 aromatic rings. The molecule has 1 N–H and O–H groups in total. The molecule has 0 aliphatic rings. The van der Waals surface area contributed by atoms with Gasteiger partial charge in [-0.05, 0) is 44.0 Å². The minimum absolute atomic E-state index is 0.309. The van der Waals surface area contributed by atoms with Crippen LogP contribution < -0.4 is 5.32 Å². The van der Waals surface area contributed by atoms with Gasteiger partial charge in [0.15, 0.2) is 0 Å². The Morgan fingerprint density at radius 3 is 2.71 bits per heavy atom. The predicted molar refractivity (Wildman–Crippen MR) is 73.5 cm³/mol. The molecule has 0 aliphatic heterocycles. The fourth-order valence-corrected chi connectivity index (χ4v) is 2.52. The number of thiazole rings is 1. The number of hydrogen-bond donors (Lipinski definition) is 1. The van der Waals surface area contributed by atoms with Gasteiger partial charge in [-0.3, -0.25) is 0 Å². The first kappa shape index (κ1) is 12.3. The number of aromatic nitrogens is 1. The summed E-state index contributed by atoms with van der Waals surface area (Å²) in [6, 6.07) is 6.98. The van der Waals surface area contributed by atoms with E-state index in [1.165, 1.54) is 16.7 Å². The molecule has 3 heteroatoms. The standard InChI is InChI=1S/C14H18N2S/c1-10-4-5-12(6-11(10)2)7-13(15-3)14-8-17-9-16-14/h4-6,8-9,13,15H,7H2,1-3H3. The number of nitrogens with one attached hydrogen (secondary N) is 1. The van der Waals surface area contributed by atoms with Gasteiger partial charge in [0.2, 0.25) is 0 Å². The van der Waals surface area contributed by atoms with E-state index in [4.69, 9.17) is 0 Å². The largest absolute Gasteiger partial charge is 0.311 e. The van der Waals surface area contributed by atoms with E-state index < -0.39 is 0 Å². The van der Waals surface area contributed by atoms with Gasteiger partial charge in [-0.15, -0.1) is 11.3 Å². The SMILES string of the molecule is CNC(Cc1ccc(C)c(C)c1)c1cscn1. The predicted octanol–water partition coefficient (Wildman–Crippen LogP) is 3.26. The van der Waals surface area contributed by atoms with Gasteiger partial charge in [0.1, 0.15) is 0 Å². The third kappa shape index (κ3) is 2.93. The smallest absolute Gasteiger partial charge is 0.0795 e. The molecule has 0 radical (unpaired) electrons. The lowest BCUT2D eigenvalue weighted by atomic mass is 10.00. The quantitative estimate of drug-likeness (QED) is 0.895. The van der Waals surface area contributed by atoms with Crippen molar-refractivity contribution in [1.29, 1.82) is 0 Å². The monoisotopic (exact) mass is 246 g/mol. The summed E-state index contributed by atoms with van der Waals surface area (Å²) >= 11 is 1.65. The van der Waals surface area contributed by atoms with Crippen molar-refractivity contribution >= 4 is 11.3 Å². The van der Waals surface area contributed by atoms with Crippen LogP contribution >= 0.6 is 11.3 Å². The van der Waals surface area contributed by atoms with E-state index in [1.807, 2.05) is 12.6 Å². The zero-order valence-corrected chi connectivity index (χ0v) is 11.3. The molecule has 2 rings (SSSR count). The molecule has 17 heavy (non-hydrogen) atoms. The van der Waals surface area contributed by atoms with Crippen molar-refractivity contribution in [2.45, 2.75) is 26.3 Å². The van der Waals surface area contributed by atoms with Crippen LogP contribution in [0.4, 0.5) is 0 Å². The van der Waals surface area contributed by atoms with Crippen LogP contribution in [-0.2, 0) is 6.42 Å². The first-order chi connectivity index (χ1) is 8.20. The summed E-state index contributed by atoms with van der Waals surface area (Å²) < 4.78 is 0. The van der Waals surface area contributed by atoms with E-state index >= 15 is 0 Å². The lowest BCUT2D eigenvalue weighted by Crippen LogP contribution is -2.19. The Morgan fingerprint density at radius 1 is 1.29 bits per heavy atom. The highest BCUT2D eigenvalue weighted by Gasteiger charge is 2.12. The first-order valence-electron chi connectivity index (χ1n) is 5.82. The van der Waals surface area contributed by atoms with Gasteiger partial charge in [-0.1, -0.05) is 18.2 Å². The molecule has 1 unspecified atom stereocenters. The lowest BCUT2D eigenvalue weighted by molar-refractivity contribution is 0.579. The number of hydrogen-bond acceptors (Lipinski definition) is 3. The van der Waals surface area contributed by atoms with Crippen LogP contribution in [0.1, 0.15) is 28.4 Å². The third-order valence-electron chi connectivity index (χ3n) is 3.17. The van der Waals surface area contributed by atoms with Gasteiger partial charge in [-0.25, -0.2) is 4.98 Å². The van der Waals surface area contributed by atoms with Gasteiger partial charge in [0, 0.05) is 5.38 Å². The van der Waals surface area contributed by atoms with Crippen LogP contribution in [0.5, 0.6) is 0 Å². The molecule has 1 aromatic carbocycles. The summed E-state index contributed by atoms with van der Waals surface area (Å²) in [6.45, 7) is 4.31. The van der Waals surface area contributed by atoms with E-state index in [1.54, 1.807) is 11.3 Å². The second-order valence-electron chi connectivity index (χ2n) is 4.38.